The number of hydrogen-bond donors (Lipinski definition) is 2. The standard InChI is InChI=1S/C22H21NO2.C6H6/c24-22(25)19-13-17(21(19)16-8-2-1-3-9-16)14-23-20-12-6-10-15-7-4-5-11-18(15)20;1-2-4-6-5-3-1/h1-12,17,19,21,23H,13-14H2,(H,24,25);1-6H/t17-,19-,21?;/m1./s1. The summed E-state index contributed by atoms with van der Waals surface area (Å²) in [6.45, 7) is 0.789. The first-order chi connectivity index (χ1) is 15.2. The van der Waals surface area contributed by atoms with Gasteiger partial charge in [-0.15, -0.1) is 0 Å². The molecule has 1 saturated carbocycles. The Hall–Kier alpha value is -3.59. The summed E-state index contributed by atoms with van der Waals surface area (Å²) in [5.41, 5.74) is 2.24. The number of fused-ring (bicyclic) bond motifs is 1. The van der Waals surface area contributed by atoms with Gasteiger partial charge in [0.1, 0.15) is 0 Å². The molecule has 0 heterocycles. The summed E-state index contributed by atoms with van der Waals surface area (Å²) in [5.74, 6) is -0.541. The zero-order valence-corrected chi connectivity index (χ0v) is 17.4. The summed E-state index contributed by atoms with van der Waals surface area (Å²) in [6, 6.07) is 36.6. The van der Waals surface area contributed by atoms with Crippen molar-refractivity contribution >= 4 is 22.4 Å². The van der Waals surface area contributed by atoms with Gasteiger partial charge in [-0.05, 0) is 29.4 Å². The van der Waals surface area contributed by atoms with Gasteiger partial charge >= 0.3 is 5.97 Å². The van der Waals surface area contributed by atoms with Crippen LogP contribution < -0.4 is 5.32 Å². The van der Waals surface area contributed by atoms with Crippen molar-refractivity contribution in [2.45, 2.75) is 12.3 Å². The van der Waals surface area contributed by atoms with Crippen molar-refractivity contribution in [3.63, 3.8) is 0 Å². The van der Waals surface area contributed by atoms with Crippen molar-refractivity contribution in [2.75, 3.05) is 11.9 Å². The summed E-state index contributed by atoms with van der Waals surface area (Å²) >= 11 is 0. The topological polar surface area (TPSA) is 49.3 Å². The molecule has 0 bridgehead atoms. The van der Waals surface area contributed by atoms with Gasteiger partial charge in [0, 0.05) is 23.5 Å². The van der Waals surface area contributed by atoms with Crippen molar-refractivity contribution < 1.29 is 9.90 Å². The van der Waals surface area contributed by atoms with Crippen LogP contribution in [-0.2, 0) is 4.79 Å². The molecule has 1 unspecified atom stereocenters. The van der Waals surface area contributed by atoms with Crippen LogP contribution in [0.1, 0.15) is 17.9 Å². The van der Waals surface area contributed by atoms with Crippen molar-refractivity contribution in [2.24, 2.45) is 11.8 Å². The van der Waals surface area contributed by atoms with Crippen LogP contribution in [-0.4, -0.2) is 17.6 Å². The van der Waals surface area contributed by atoms with Gasteiger partial charge < -0.3 is 10.4 Å². The van der Waals surface area contributed by atoms with E-state index < -0.39 is 5.97 Å². The highest BCUT2D eigenvalue weighted by Gasteiger charge is 2.45. The fourth-order valence-corrected chi connectivity index (χ4v) is 4.40. The number of benzene rings is 4. The van der Waals surface area contributed by atoms with E-state index in [1.54, 1.807) is 0 Å². The molecule has 1 aliphatic rings. The number of carboxylic acid groups (broad SMARTS) is 1. The van der Waals surface area contributed by atoms with Crippen molar-refractivity contribution in [3.05, 3.63) is 115 Å². The minimum Gasteiger partial charge on any atom is -0.481 e. The molecule has 5 rings (SSSR count). The lowest BCUT2D eigenvalue weighted by molar-refractivity contribution is -0.147. The first-order valence-electron chi connectivity index (χ1n) is 10.7. The fourth-order valence-electron chi connectivity index (χ4n) is 4.40. The molecule has 2 N–H and O–H groups in total. The van der Waals surface area contributed by atoms with E-state index in [2.05, 4.69) is 35.6 Å². The van der Waals surface area contributed by atoms with Crippen LogP contribution in [0.25, 0.3) is 10.8 Å². The number of anilines is 1. The Kier molecular flexibility index (Phi) is 6.63. The second-order valence-electron chi connectivity index (χ2n) is 7.94. The number of hydrogen-bond acceptors (Lipinski definition) is 2. The van der Waals surface area contributed by atoms with Crippen LogP contribution in [0, 0.1) is 11.8 Å². The van der Waals surface area contributed by atoms with E-state index in [-0.39, 0.29) is 11.8 Å². The third-order valence-electron chi connectivity index (χ3n) is 6.01. The second-order valence-corrected chi connectivity index (χ2v) is 7.94. The largest absolute Gasteiger partial charge is 0.481 e. The maximum Gasteiger partial charge on any atom is 0.307 e. The van der Waals surface area contributed by atoms with E-state index in [1.807, 2.05) is 78.9 Å². The monoisotopic (exact) mass is 409 g/mol. The first-order valence-corrected chi connectivity index (χ1v) is 10.7. The van der Waals surface area contributed by atoms with Crippen molar-refractivity contribution in [1.82, 2.24) is 0 Å². The minimum atomic E-state index is -0.685. The molecule has 156 valence electrons. The lowest BCUT2D eigenvalue weighted by Gasteiger charge is -2.43. The molecule has 1 aliphatic carbocycles. The first kappa shape index (κ1) is 20.7. The van der Waals surface area contributed by atoms with Crippen LogP contribution >= 0.6 is 0 Å². The minimum absolute atomic E-state index is 0.0844. The molecule has 3 atom stereocenters. The quantitative estimate of drug-likeness (QED) is 0.399. The highest BCUT2D eigenvalue weighted by molar-refractivity contribution is 5.93. The van der Waals surface area contributed by atoms with Crippen LogP contribution in [0.5, 0.6) is 0 Å². The molecule has 4 aromatic carbocycles. The predicted octanol–water partition coefficient (Wildman–Crippen LogP) is 6.44. The van der Waals surface area contributed by atoms with Gasteiger partial charge in [-0.1, -0.05) is 103 Å². The number of aliphatic carboxylic acids is 1. The van der Waals surface area contributed by atoms with E-state index in [9.17, 15) is 9.90 Å². The highest BCUT2D eigenvalue weighted by Crippen LogP contribution is 2.48. The van der Waals surface area contributed by atoms with E-state index >= 15 is 0 Å². The van der Waals surface area contributed by atoms with Crippen LogP contribution in [0.15, 0.2) is 109 Å². The van der Waals surface area contributed by atoms with Crippen LogP contribution in [0.4, 0.5) is 5.69 Å². The van der Waals surface area contributed by atoms with Gasteiger partial charge in [-0.25, -0.2) is 0 Å². The Morgan fingerprint density at radius 1 is 0.774 bits per heavy atom. The van der Waals surface area contributed by atoms with E-state index in [4.69, 9.17) is 0 Å². The van der Waals surface area contributed by atoms with E-state index in [0.717, 1.165) is 24.2 Å². The summed E-state index contributed by atoms with van der Waals surface area (Å²) < 4.78 is 0. The molecular formula is C28H27NO2. The molecule has 4 aromatic rings. The van der Waals surface area contributed by atoms with Crippen LogP contribution in [0.2, 0.25) is 0 Å². The molecule has 0 saturated heterocycles. The van der Waals surface area contributed by atoms with Gasteiger partial charge in [0.2, 0.25) is 0 Å². The predicted molar refractivity (Wildman–Crippen MR) is 127 cm³/mol. The molecule has 0 spiro atoms. The molecular weight excluding hydrogens is 382 g/mol. The fraction of sp³-hybridized carbons (Fsp3) is 0.179. The zero-order valence-electron chi connectivity index (χ0n) is 17.4. The molecule has 0 aliphatic heterocycles. The Labute approximate surface area is 183 Å². The summed E-state index contributed by atoms with van der Waals surface area (Å²) in [7, 11) is 0. The normalized spacial score (nSPS) is 19.5. The lowest BCUT2D eigenvalue weighted by Crippen LogP contribution is -2.42. The van der Waals surface area contributed by atoms with E-state index in [0.29, 0.717) is 5.92 Å². The van der Waals surface area contributed by atoms with Gasteiger partial charge in [0.05, 0.1) is 5.92 Å². The molecule has 1 fully saturated rings. The Morgan fingerprint density at radius 2 is 1.35 bits per heavy atom. The summed E-state index contributed by atoms with van der Waals surface area (Å²) in [6.07, 6.45) is 0.729. The maximum absolute atomic E-state index is 11.5. The van der Waals surface area contributed by atoms with Gasteiger partial charge in [0.15, 0.2) is 0 Å². The maximum atomic E-state index is 11.5. The highest BCUT2D eigenvalue weighted by atomic mass is 16.4. The average Bonchev–Trinajstić information content (AvgIpc) is 2.80. The second kappa shape index (κ2) is 9.94. The summed E-state index contributed by atoms with van der Waals surface area (Å²) in [4.78, 5) is 11.5. The molecule has 3 nitrogen and oxygen atoms in total. The van der Waals surface area contributed by atoms with E-state index in [1.165, 1.54) is 10.8 Å². The lowest BCUT2D eigenvalue weighted by atomic mass is 9.62. The Balaban J connectivity index is 0.000000334. The average molecular weight is 410 g/mol. The number of carbonyl (C=O) groups is 1. The number of nitrogens with one attached hydrogen (secondary N) is 1. The number of carboxylic acids is 1. The van der Waals surface area contributed by atoms with Crippen LogP contribution in [0.3, 0.4) is 0 Å². The van der Waals surface area contributed by atoms with Gasteiger partial charge in [-0.3, -0.25) is 4.79 Å². The van der Waals surface area contributed by atoms with Crippen molar-refractivity contribution in [1.29, 1.82) is 0 Å². The third kappa shape index (κ3) is 4.95. The molecule has 0 radical (unpaired) electrons. The molecule has 0 aromatic heterocycles. The third-order valence-corrected chi connectivity index (χ3v) is 6.01. The Bertz CT molecular complexity index is 1080. The smallest absolute Gasteiger partial charge is 0.307 e. The molecule has 0 amide bonds. The molecule has 31 heavy (non-hydrogen) atoms. The SMILES string of the molecule is O=C(O)[C@@H]1C[C@H](CNc2cccc3ccccc23)C1c1ccccc1.c1ccccc1. The zero-order chi connectivity index (χ0) is 21.5. The van der Waals surface area contributed by atoms with Gasteiger partial charge in [0.25, 0.3) is 0 Å². The van der Waals surface area contributed by atoms with Crippen molar-refractivity contribution in [3.8, 4) is 0 Å². The Morgan fingerprint density at radius 3 is 2.03 bits per heavy atom. The summed E-state index contributed by atoms with van der Waals surface area (Å²) in [5, 5.41) is 15.5. The van der Waals surface area contributed by atoms with Gasteiger partial charge in [-0.2, -0.15) is 0 Å². The number of rotatable bonds is 5. The molecule has 3 heteroatoms.